The number of aliphatic carboxylic acids is 1. The monoisotopic (exact) mass is 523 g/mol. The number of ether oxygens (including phenoxy) is 1. The van der Waals surface area contributed by atoms with Crippen molar-refractivity contribution in [3.05, 3.63) is 12.2 Å². The smallest absolute Gasteiger partial charge is 0.472 e. The Morgan fingerprint density at radius 1 is 0.857 bits per heavy atom. The Labute approximate surface area is 209 Å². The van der Waals surface area contributed by atoms with Gasteiger partial charge in [-0.1, -0.05) is 70.4 Å². The zero-order valence-corrected chi connectivity index (χ0v) is 22.0. The number of unbranched alkanes of at least 4 members (excludes halogenated alkanes) is 11. The van der Waals surface area contributed by atoms with E-state index in [1.165, 1.54) is 44.9 Å². The molecule has 35 heavy (non-hydrogen) atoms. The van der Waals surface area contributed by atoms with Crippen molar-refractivity contribution in [1.82, 2.24) is 0 Å². The molecule has 0 aliphatic heterocycles. The molecule has 10 nitrogen and oxygen atoms in total. The summed E-state index contributed by atoms with van der Waals surface area (Å²) >= 11 is 0. The molecule has 206 valence electrons. The lowest BCUT2D eigenvalue weighted by molar-refractivity contribution is -0.147. The Balaban J connectivity index is 3.62. The quantitative estimate of drug-likeness (QED) is 0.0613. The largest absolute Gasteiger partial charge is 0.480 e. The molecule has 0 aromatic rings. The Morgan fingerprint density at radius 2 is 1.37 bits per heavy atom. The van der Waals surface area contributed by atoms with Crippen LogP contribution in [0.1, 0.15) is 96.8 Å². The third-order valence-electron chi connectivity index (χ3n) is 5.24. The lowest BCUT2D eigenvalue weighted by Gasteiger charge is -2.16. The van der Waals surface area contributed by atoms with Gasteiger partial charge in [-0.2, -0.15) is 0 Å². The first-order valence-electron chi connectivity index (χ1n) is 12.8. The van der Waals surface area contributed by atoms with Gasteiger partial charge in [-0.05, 0) is 32.1 Å². The number of carbonyl (C=O) groups excluding carboxylic acids is 1. The molecule has 0 spiro atoms. The first-order chi connectivity index (χ1) is 16.7. The molecule has 1 unspecified atom stereocenters. The fourth-order valence-electron chi connectivity index (χ4n) is 3.11. The number of esters is 1. The average molecular weight is 524 g/mol. The number of carbonyl (C=O) groups is 2. The lowest BCUT2D eigenvalue weighted by Crippen LogP contribution is -2.34. The van der Waals surface area contributed by atoms with Crippen molar-refractivity contribution < 1.29 is 43.0 Å². The number of rotatable bonds is 24. The summed E-state index contributed by atoms with van der Waals surface area (Å²) in [4.78, 5) is 31.7. The van der Waals surface area contributed by atoms with E-state index in [0.717, 1.165) is 32.1 Å². The zero-order chi connectivity index (χ0) is 26.4. The molecule has 0 heterocycles. The van der Waals surface area contributed by atoms with E-state index in [1.54, 1.807) is 0 Å². The molecule has 0 aromatic heterocycles. The summed E-state index contributed by atoms with van der Waals surface area (Å²) in [6.07, 6.45) is 18.6. The number of phosphoric acid groups is 1. The maximum Gasteiger partial charge on any atom is 0.472 e. The van der Waals surface area contributed by atoms with Crippen LogP contribution in [0, 0.1) is 0 Å². The van der Waals surface area contributed by atoms with Gasteiger partial charge in [0.05, 0.1) is 13.2 Å². The highest BCUT2D eigenvalue weighted by atomic mass is 31.2. The second-order valence-electron chi connectivity index (χ2n) is 8.68. The SMILES string of the molecule is CCCCCCCCC=CCCCCCCCC(=O)OC[C@H](O)COP(=O)(O)OC[C@H](N)C(=O)O. The van der Waals surface area contributed by atoms with E-state index < -0.39 is 51.7 Å². The minimum atomic E-state index is -4.58. The van der Waals surface area contributed by atoms with Gasteiger partial charge in [0, 0.05) is 6.42 Å². The molecule has 0 aromatic carbocycles. The van der Waals surface area contributed by atoms with E-state index in [2.05, 4.69) is 28.1 Å². The molecular weight excluding hydrogens is 477 g/mol. The van der Waals surface area contributed by atoms with Crippen LogP contribution in [0.25, 0.3) is 0 Å². The van der Waals surface area contributed by atoms with Gasteiger partial charge in [-0.15, -0.1) is 0 Å². The van der Waals surface area contributed by atoms with Crippen molar-refractivity contribution in [2.24, 2.45) is 5.73 Å². The number of aliphatic hydroxyl groups is 1. The van der Waals surface area contributed by atoms with Crippen LogP contribution in [-0.2, 0) is 27.9 Å². The fourth-order valence-corrected chi connectivity index (χ4v) is 3.90. The molecule has 0 saturated heterocycles. The fraction of sp³-hybridized carbons (Fsp3) is 0.833. The van der Waals surface area contributed by atoms with Gasteiger partial charge in [0.25, 0.3) is 0 Å². The molecule has 0 fully saturated rings. The lowest BCUT2D eigenvalue weighted by atomic mass is 10.1. The normalized spacial score (nSPS) is 15.1. The van der Waals surface area contributed by atoms with E-state index in [-0.39, 0.29) is 6.42 Å². The predicted octanol–water partition coefficient (Wildman–Crippen LogP) is 4.47. The van der Waals surface area contributed by atoms with E-state index in [9.17, 15) is 24.2 Å². The zero-order valence-electron chi connectivity index (χ0n) is 21.1. The maximum absolute atomic E-state index is 11.7. The molecule has 0 saturated carbocycles. The standard InChI is InChI=1S/C24H46NO9P/c1-2-3-4-5-6-7-8-9-10-11-12-13-14-15-16-17-23(27)32-18-21(26)19-33-35(30,31)34-20-22(25)24(28)29/h9-10,21-22,26H,2-8,11-20,25H2,1H3,(H,28,29)(H,30,31)/t21-,22-/m0/s1. The number of nitrogens with two attached hydrogens (primary N) is 1. The number of hydrogen-bond donors (Lipinski definition) is 4. The number of carboxylic acid groups (broad SMARTS) is 1. The van der Waals surface area contributed by atoms with Gasteiger partial charge in [-0.3, -0.25) is 18.6 Å². The Hall–Kier alpha value is -1.29. The highest BCUT2D eigenvalue weighted by Crippen LogP contribution is 2.43. The summed E-state index contributed by atoms with van der Waals surface area (Å²) in [6, 6.07) is -1.48. The van der Waals surface area contributed by atoms with Gasteiger partial charge in [0.1, 0.15) is 18.8 Å². The Kier molecular flexibility index (Phi) is 21.1. The van der Waals surface area contributed by atoms with Crippen molar-refractivity contribution in [3.8, 4) is 0 Å². The molecule has 3 atom stereocenters. The average Bonchev–Trinajstić information content (AvgIpc) is 2.82. The second-order valence-corrected chi connectivity index (χ2v) is 10.1. The third kappa shape index (κ3) is 22.9. The predicted molar refractivity (Wildman–Crippen MR) is 134 cm³/mol. The number of phosphoric ester groups is 1. The van der Waals surface area contributed by atoms with Gasteiger partial charge >= 0.3 is 19.8 Å². The molecule has 0 aliphatic rings. The Morgan fingerprint density at radius 3 is 1.94 bits per heavy atom. The molecular formula is C24H46NO9P. The summed E-state index contributed by atoms with van der Waals surface area (Å²) in [5, 5.41) is 18.3. The van der Waals surface area contributed by atoms with Crippen LogP contribution in [-0.4, -0.2) is 59.0 Å². The van der Waals surface area contributed by atoms with Gasteiger partial charge in [-0.25, -0.2) is 4.57 Å². The van der Waals surface area contributed by atoms with Crippen LogP contribution in [0.15, 0.2) is 12.2 Å². The first kappa shape index (κ1) is 33.7. The van der Waals surface area contributed by atoms with Crippen LogP contribution in [0.2, 0.25) is 0 Å². The number of aliphatic hydroxyl groups excluding tert-OH is 1. The summed E-state index contributed by atoms with van der Waals surface area (Å²) in [5.41, 5.74) is 5.15. The van der Waals surface area contributed by atoms with E-state index >= 15 is 0 Å². The number of hydrogen-bond acceptors (Lipinski definition) is 8. The molecule has 0 bridgehead atoms. The molecule has 0 amide bonds. The van der Waals surface area contributed by atoms with Crippen LogP contribution >= 0.6 is 7.82 Å². The summed E-state index contributed by atoms with van der Waals surface area (Å²) in [7, 11) is -4.58. The molecule has 0 radical (unpaired) electrons. The van der Waals surface area contributed by atoms with Crippen LogP contribution in [0.3, 0.4) is 0 Å². The minimum Gasteiger partial charge on any atom is -0.480 e. The molecule has 0 aliphatic carbocycles. The van der Waals surface area contributed by atoms with E-state index in [4.69, 9.17) is 15.6 Å². The van der Waals surface area contributed by atoms with Crippen molar-refractivity contribution in [3.63, 3.8) is 0 Å². The van der Waals surface area contributed by atoms with Gasteiger partial charge < -0.3 is 25.6 Å². The minimum absolute atomic E-state index is 0.237. The van der Waals surface area contributed by atoms with E-state index in [1.807, 2.05) is 0 Å². The highest BCUT2D eigenvalue weighted by Gasteiger charge is 2.26. The van der Waals surface area contributed by atoms with Crippen molar-refractivity contribution in [1.29, 1.82) is 0 Å². The van der Waals surface area contributed by atoms with Crippen LogP contribution < -0.4 is 5.73 Å². The second kappa shape index (κ2) is 21.9. The van der Waals surface area contributed by atoms with Crippen molar-refractivity contribution in [2.75, 3.05) is 19.8 Å². The van der Waals surface area contributed by atoms with Crippen molar-refractivity contribution in [2.45, 2.75) is 109 Å². The first-order valence-corrected chi connectivity index (χ1v) is 14.3. The van der Waals surface area contributed by atoms with Crippen LogP contribution in [0.5, 0.6) is 0 Å². The Bertz CT molecular complexity index is 630. The van der Waals surface area contributed by atoms with Crippen molar-refractivity contribution >= 4 is 19.8 Å². The number of carboxylic acids is 1. The molecule has 0 rings (SSSR count). The van der Waals surface area contributed by atoms with Gasteiger partial charge in [0.2, 0.25) is 0 Å². The maximum atomic E-state index is 11.7. The number of allylic oxidation sites excluding steroid dienone is 2. The highest BCUT2D eigenvalue weighted by molar-refractivity contribution is 7.47. The molecule has 5 N–H and O–H groups in total. The van der Waals surface area contributed by atoms with Gasteiger partial charge in [0.15, 0.2) is 0 Å². The third-order valence-corrected chi connectivity index (χ3v) is 6.19. The van der Waals surface area contributed by atoms with E-state index in [0.29, 0.717) is 6.42 Å². The summed E-state index contributed by atoms with van der Waals surface area (Å²) < 4.78 is 25.5. The summed E-state index contributed by atoms with van der Waals surface area (Å²) in [5.74, 6) is -1.86. The topological polar surface area (TPSA) is 166 Å². The van der Waals surface area contributed by atoms with Crippen LogP contribution in [0.4, 0.5) is 0 Å². The molecule has 11 heteroatoms. The summed E-state index contributed by atoms with van der Waals surface area (Å²) in [6.45, 7) is 0.482.